The maximum atomic E-state index is 12.5. The summed E-state index contributed by atoms with van der Waals surface area (Å²) in [6.45, 7) is 1.73. The molecule has 26 heavy (non-hydrogen) atoms. The molecule has 0 fully saturated rings. The van der Waals surface area contributed by atoms with Crippen LogP contribution in [0.2, 0.25) is 0 Å². The molecule has 0 saturated heterocycles. The molecular formula is C16H15N3O5S2. The van der Waals surface area contributed by atoms with Gasteiger partial charge in [-0.2, -0.15) is 0 Å². The van der Waals surface area contributed by atoms with Crippen LogP contribution in [0, 0.1) is 0 Å². The summed E-state index contributed by atoms with van der Waals surface area (Å²) in [6, 6.07) is 9.61. The number of carbonyl (C=O) groups is 1. The highest BCUT2D eigenvalue weighted by molar-refractivity contribution is 8.00. The van der Waals surface area contributed by atoms with Crippen LogP contribution in [0.1, 0.15) is 17.3 Å². The minimum absolute atomic E-state index is 0.140. The van der Waals surface area contributed by atoms with E-state index < -0.39 is 15.3 Å². The van der Waals surface area contributed by atoms with Gasteiger partial charge < -0.3 is 8.83 Å². The lowest BCUT2D eigenvalue weighted by Gasteiger charge is -2.09. The van der Waals surface area contributed by atoms with Crippen LogP contribution < -0.4 is 4.72 Å². The number of aromatic nitrogens is 2. The first-order valence-corrected chi connectivity index (χ1v) is 10.2. The van der Waals surface area contributed by atoms with Crippen LogP contribution in [0.15, 0.2) is 56.7 Å². The predicted octanol–water partition coefficient (Wildman–Crippen LogP) is 3.06. The highest BCUT2D eigenvalue weighted by atomic mass is 32.2. The molecule has 10 heteroatoms. The van der Waals surface area contributed by atoms with Crippen LogP contribution in [0.25, 0.3) is 11.7 Å². The molecule has 1 unspecified atom stereocenters. The van der Waals surface area contributed by atoms with Crippen molar-refractivity contribution in [2.45, 2.75) is 17.4 Å². The van der Waals surface area contributed by atoms with Crippen LogP contribution in [0.5, 0.6) is 0 Å². The standard InChI is InChI=1S/C16H15N3O5S2/c1-10(25-16-18-17-15(24-16)13-4-3-9-23-13)14(20)11-5-7-12(8-6-11)19-26(2,21)22/h3-10,19H,1-2H3. The monoisotopic (exact) mass is 393 g/mol. The molecule has 0 aliphatic heterocycles. The fourth-order valence-corrected chi connectivity index (χ4v) is 3.44. The third kappa shape index (κ3) is 4.52. The third-order valence-corrected chi connectivity index (χ3v) is 4.80. The van der Waals surface area contributed by atoms with Crippen molar-refractivity contribution < 1.29 is 22.0 Å². The summed E-state index contributed by atoms with van der Waals surface area (Å²) in [5.74, 6) is 0.560. The van der Waals surface area contributed by atoms with Crippen LogP contribution in [-0.4, -0.2) is 35.9 Å². The number of furan rings is 1. The Labute approximate surface area is 154 Å². The molecule has 0 aliphatic rings. The number of hydrogen-bond donors (Lipinski definition) is 1. The van der Waals surface area contributed by atoms with E-state index in [0.717, 1.165) is 18.0 Å². The zero-order chi connectivity index (χ0) is 18.7. The minimum atomic E-state index is -3.36. The maximum Gasteiger partial charge on any atom is 0.284 e. The van der Waals surface area contributed by atoms with Crippen molar-refractivity contribution in [2.75, 3.05) is 11.0 Å². The number of nitrogens with zero attached hydrogens (tertiary/aromatic N) is 2. The second-order valence-corrected chi connectivity index (χ2v) is 8.47. The number of carbonyl (C=O) groups excluding carboxylic acids is 1. The second kappa shape index (κ2) is 7.34. The molecule has 0 amide bonds. The van der Waals surface area contributed by atoms with Gasteiger partial charge in [0.25, 0.3) is 11.1 Å². The molecule has 0 saturated carbocycles. The van der Waals surface area contributed by atoms with E-state index in [-0.39, 0.29) is 16.9 Å². The van der Waals surface area contributed by atoms with E-state index in [1.165, 1.54) is 18.4 Å². The SMILES string of the molecule is CC(Sc1nnc(-c2ccco2)o1)C(=O)c1ccc(NS(C)(=O)=O)cc1. The Balaban J connectivity index is 1.66. The average Bonchev–Trinajstić information content (AvgIpc) is 3.24. The lowest BCUT2D eigenvalue weighted by Crippen LogP contribution is -2.14. The van der Waals surface area contributed by atoms with E-state index in [1.807, 2.05) is 0 Å². The Morgan fingerprint density at radius 2 is 1.92 bits per heavy atom. The van der Waals surface area contributed by atoms with Gasteiger partial charge in [0.2, 0.25) is 10.0 Å². The van der Waals surface area contributed by atoms with E-state index in [2.05, 4.69) is 14.9 Å². The number of nitrogens with one attached hydrogen (secondary N) is 1. The van der Waals surface area contributed by atoms with Gasteiger partial charge in [0.15, 0.2) is 11.5 Å². The summed E-state index contributed by atoms with van der Waals surface area (Å²) in [7, 11) is -3.36. The number of thioether (sulfide) groups is 1. The van der Waals surface area contributed by atoms with Crippen molar-refractivity contribution in [3.63, 3.8) is 0 Å². The Bertz CT molecular complexity index is 995. The van der Waals surface area contributed by atoms with Gasteiger partial charge in [0.05, 0.1) is 17.8 Å². The van der Waals surface area contributed by atoms with Gasteiger partial charge in [-0.3, -0.25) is 9.52 Å². The lowest BCUT2D eigenvalue weighted by atomic mass is 10.1. The quantitative estimate of drug-likeness (QED) is 0.481. The van der Waals surface area contributed by atoms with E-state index in [0.29, 0.717) is 17.0 Å². The number of ketones is 1. The van der Waals surface area contributed by atoms with Crippen molar-refractivity contribution in [3.8, 4) is 11.7 Å². The van der Waals surface area contributed by atoms with Gasteiger partial charge in [0.1, 0.15) is 0 Å². The van der Waals surface area contributed by atoms with Crippen LogP contribution in [0.4, 0.5) is 5.69 Å². The molecule has 3 rings (SSSR count). The van der Waals surface area contributed by atoms with Crippen LogP contribution >= 0.6 is 11.8 Å². The summed E-state index contributed by atoms with van der Waals surface area (Å²) in [4.78, 5) is 12.5. The largest absolute Gasteiger partial charge is 0.459 e. The summed E-state index contributed by atoms with van der Waals surface area (Å²) < 4.78 is 35.4. The zero-order valence-electron chi connectivity index (χ0n) is 13.9. The molecule has 3 aromatic rings. The topological polar surface area (TPSA) is 115 Å². The van der Waals surface area contributed by atoms with Gasteiger partial charge >= 0.3 is 0 Å². The molecule has 2 heterocycles. The summed E-state index contributed by atoms with van der Waals surface area (Å²) in [5, 5.41) is 7.57. The summed E-state index contributed by atoms with van der Waals surface area (Å²) in [5.41, 5.74) is 0.846. The van der Waals surface area contributed by atoms with Crippen molar-refractivity contribution >= 4 is 33.3 Å². The van der Waals surface area contributed by atoms with Crippen LogP contribution in [0.3, 0.4) is 0 Å². The molecule has 0 aliphatic carbocycles. The van der Waals surface area contributed by atoms with E-state index in [9.17, 15) is 13.2 Å². The van der Waals surface area contributed by atoms with Gasteiger partial charge in [0, 0.05) is 11.3 Å². The number of anilines is 1. The van der Waals surface area contributed by atoms with E-state index in [1.54, 1.807) is 31.2 Å². The van der Waals surface area contributed by atoms with E-state index in [4.69, 9.17) is 8.83 Å². The first kappa shape index (κ1) is 18.2. The van der Waals surface area contributed by atoms with Crippen LogP contribution in [-0.2, 0) is 10.0 Å². The fraction of sp³-hybridized carbons (Fsp3) is 0.188. The van der Waals surface area contributed by atoms with Gasteiger partial charge in [-0.25, -0.2) is 8.42 Å². The first-order chi connectivity index (χ1) is 12.3. The molecule has 0 radical (unpaired) electrons. The molecular weight excluding hydrogens is 378 g/mol. The van der Waals surface area contributed by atoms with Crippen molar-refractivity contribution in [1.82, 2.24) is 10.2 Å². The Hall–Kier alpha value is -2.59. The summed E-state index contributed by atoms with van der Waals surface area (Å²) in [6.07, 6.45) is 2.56. The lowest BCUT2D eigenvalue weighted by molar-refractivity contribution is 0.0993. The molecule has 1 aromatic carbocycles. The molecule has 136 valence electrons. The molecule has 2 aromatic heterocycles. The minimum Gasteiger partial charge on any atom is -0.459 e. The number of sulfonamides is 1. The Morgan fingerprint density at radius 1 is 1.19 bits per heavy atom. The zero-order valence-corrected chi connectivity index (χ0v) is 15.5. The van der Waals surface area contributed by atoms with Crippen molar-refractivity contribution in [1.29, 1.82) is 0 Å². The third-order valence-electron chi connectivity index (χ3n) is 3.26. The Morgan fingerprint density at radius 3 is 2.54 bits per heavy atom. The maximum absolute atomic E-state index is 12.5. The molecule has 1 atom stereocenters. The predicted molar refractivity (Wildman–Crippen MR) is 96.6 cm³/mol. The van der Waals surface area contributed by atoms with Gasteiger partial charge in [-0.05, 0) is 43.3 Å². The number of hydrogen-bond acceptors (Lipinski definition) is 8. The number of Topliss-reactive ketones (excluding diaryl/α,β-unsaturated/α-hetero) is 1. The smallest absolute Gasteiger partial charge is 0.284 e. The number of rotatable bonds is 7. The fourth-order valence-electron chi connectivity index (χ4n) is 2.11. The first-order valence-electron chi connectivity index (χ1n) is 7.48. The highest BCUT2D eigenvalue weighted by Crippen LogP contribution is 2.28. The molecule has 0 spiro atoms. The normalized spacial score (nSPS) is 12.7. The number of benzene rings is 1. The molecule has 0 bridgehead atoms. The summed E-state index contributed by atoms with van der Waals surface area (Å²) >= 11 is 1.14. The average molecular weight is 393 g/mol. The highest BCUT2D eigenvalue weighted by Gasteiger charge is 2.20. The second-order valence-electron chi connectivity index (χ2n) is 5.43. The van der Waals surface area contributed by atoms with Crippen molar-refractivity contribution in [3.05, 3.63) is 48.2 Å². The van der Waals surface area contributed by atoms with Gasteiger partial charge in [-0.1, -0.05) is 11.8 Å². The van der Waals surface area contributed by atoms with Crippen molar-refractivity contribution in [2.24, 2.45) is 0 Å². The Kier molecular flexibility index (Phi) is 5.14. The van der Waals surface area contributed by atoms with Gasteiger partial charge in [-0.15, -0.1) is 10.2 Å². The molecule has 8 nitrogen and oxygen atoms in total. The van der Waals surface area contributed by atoms with E-state index >= 15 is 0 Å². The molecule has 1 N–H and O–H groups in total.